The number of hydrogen-bond acceptors (Lipinski definition) is 4. The van der Waals surface area contributed by atoms with E-state index in [0.29, 0.717) is 5.92 Å². The summed E-state index contributed by atoms with van der Waals surface area (Å²) >= 11 is 1.28. The lowest BCUT2D eigenvalue weighted by Gasteiger charge is -2.23. The summed E-state index contributed by atoms with van der Waals surface area (Å²) in [5.41, 5.74) is 0. The molecule has 0 aromatic carbocycles. The summed E-state index contributed by atoms with van der Waals surface area (Å²) < 4.78 is 2.16. The molecule has 1 heterocycles. The minimum Gasteiger partial charge on any atom is -0.481 e. The number of aryl methyl sites for hydroxylation is 1. The van der Waals surface area contributed by atoms with Crippen molar-refractivity contribution in [1.82, 2.24) is 14.8 Å². The normalized spacial score (nSPS) is 16.4. The van der Waals surface area contributed by atoms with Crippen LogP contribution < -0.4 is 0 Å². The molecule has 1 saturated carbocycles. The van der Waals surface area contributed by atoms with Gasteiger partial charge < -0.3 is 9.67 Å². The van der Waals surface area contributed by atoms with Gasteiger partial charge in [-0.2, -0.15) is 0 Å². The third-order valence-corrected chi connectivity index (χ3v) is 4.71. The van der Waals surface area contributed by atoms with Gasteiger partial charge in [-0.05, 0) is 25.2 Å². The van der Waals surface area contributed by atoms with E-state index < -0.39 is 5.97 Å². The molecule has 0 saturated heterocycles. The van der Waals surface area contributed by atoms with Crippen molar-refractivity contribution in [2.45, 2.75) is 63.6 Å². The molecule has 1 aromatic heterocycles. The minimum atomic E-state index is -0.806. The van der Waals surface area contributed by atoms with Gasteiger partial charge in [0.05, 0.1) is 5.75 Å². The lowest BCUT2D eigenvalue weighted by atomic mass is 9.89. The minimum absolute atomic E-state index is 0.0505. The SMILES string of the molecule is CCCc1nnc(SCC(=O)O)n1CC1CCCCC1. The Morgan fingerprint density at radius 3 is 2.75 bits per heavy atom. The maximum Gasteiger partial charge on any atom is 0.313 e. The summed E-state index contributed by atoms with van der Waals surface area (Å²) in [5.74, 6) is 0.944. The van der Waals surface area contributed by atoms with Gasteiger partial charge in [-0.1, -0.05) is 37.9 Å². The molecule has 0 amide bonds. The largest absolute Gasteiger partial charge is 0.481 e. The predicted octanol–water partition coefficient (Wildman–Crippen LogP) is 2.99. The van der Waals surface area contributed by atoms with E-state index in [2.05, 4.69) is 21.7 Å². The van der Waals surface area contributed by atoms with E-state index in [4.69, 9.17) is 5.11 Å². The van der Waals surface area contributed by atoms with Crippen LogP contribution in [0.2, 0.25) is 0 Å². The Balaban J connectivity index is 2.08. The molecule has 1 fully saturated rings. The second-order valence-corrected chi connectivity index (χ2v) is 6.39. The maximum atomic E-state index is 10.7. The van der Waals surface area contributed by atoms with Gasteiger partial charge in [0.25, 0.3) is 0 Å². The number of carbonyl (C=O) groups is 1. The van der Waals surface area contributed by atoms with E-state index in [9.17, 15) is 4.79 Å². The molecule has 0 unspecified atom stereocenters. The Hall–Kier alpha value is -1.04. The van der Waals surface area contributed by atoms with Crippen molar-refractivity contribution in [3.8, 4) is 0 Å². The monoisotopic (exact) mass is 297 g/mol. The standard InChI is InChI=1S/C14H23N3O2S/c1-2-6-12-15-16-14(20-10-13(18)19)17(12)9-11-7-4-3-5-8-11/h11H,2-10H2,1H3,(H,18,19). The van der Waals surface area contributed by atoms with Crippen molar-refractivity contribution in [2.75, 3.05) is 5.75 Å². The van der Waals surface area contributed by atoms with Crippen molar-refractivity contribution < 1.29 is 9.90 Å². The highest BCUT2D eigenvalue weighted by Crippen LogP contribution is 2.27. The first-order chi connectivity index (χ1) is 9.70. The Labute approximate surface area is 124 Å². The number of aliphatic carboxylic acids is 1. The second kappa shape index (κ2) is 7.67. The Morgan fingerprint density at radius 1 is 1.35 bits per heavy atom. The zero-order chi connectivity index (χ0) is 14.4. The van der Waals surface area contributed by atoms with Gasteiger partial charge in [-0.15, -0.1) is 10.2 Å². The van der Waals surface area contributed by atoms with E-state index >= 15 is 0 Å². The molecule has 1 aliphatic rings. The molecule has 0 spiro atoms. The highest BCUT2D eigenvalue weighted by Gasteiger charge is 2.19. The maximum absolute atomic E-state index is 10.7. The zero-order valence-corrected chi connectivity index (χ0v) is 12.9. The van der Waals surface area contributed by atoms with Crippen LogP contribution in [0.15, 0.2) is 5.16 Å². The summed E-state index contributed by atoms with van der Waals surface area (Å²) in [4.78, 5) is 10.7. The summed E-state index contributed by atoms with van der Waals surface area (Å²) in [7, 11) is 0. The molecule has 1 aliphatic carbocycles. The van der Waals surface area contributed by atoms with Crippen LogP contribution in [-0.4, -0.2) is 31.6 Å². The molecule has 0 radical (unpaired) electrons. The van der Waals surface area contributed by atoms with Crippen LogP contribution in [0.1, 0.15) is 51.3 Å². The van der Waals surface area contributed by atoms with Crippen molar-refractivity contribution in [2.24, 2.45) is 5.92 Å². The molecular formula is C14H23N3O2S. The summed E-state index contributed by atoms with van der Waals surface area (Å²) in [6.45, 7) is 3.08. The van der Waals surface area contributed by atoms with Crippen LogP contribution in [0.3, 0.4) is 0 Å². The lowest BCUT2D eigenvalue weighted by Crippen LogP contribution is -2.17. The number of rotatable bonds is 7. The van der Waals surface area contributed by atoms with Gasteiger partial charge >= 0.3 is 5.97 Å². The molecule has 0 bridgehead atoms. The Kier molecular flexibility index (Phi) is 5.88. The highest BCUT2D eigenvalue weighted by atomic mass is 32.2. The molecule has 0 aliphatic heterocycles. The first kappa shape index (κ1) is 15.4. The van der Waals surface area contributed by atoms with Gasteiger partial charge in [-0.3, -0.25) is 4.79 Å². The third-order valence-electron chi connectivity index (χ3n) is 3.76. The molecule has 112 valence electrons. The van der Waals surface area contributed by atoms with Gasteiger partial charge in [0.15, 0.2) is 5.16 Å². The van der Waals surface area contributed by atoms with Crippen molar-refractivity contribution in [1.29, 1.82) is 0 Å². The predicted molar refractivity (Wildman–Crippen MR) is 79.0 cm³/mol. The van der Waals surface area contributed by atoms with Gasteiger partial charge in [0, 0.05) is 13.0 Å². The lowest BCUT2D eigenvalue weighted by molar-refractivity contribution is -0.133. The highest BCUT2D eigenvalue weighted by molar-refractivity contribution is 7.99. The Morgan fingerprint density at radius 2 is 2.10 bits per heavy atom. The van der Waals surface area contributed by atoms with Gasteiger partial charge in [0.2, 0.25) is 0 Å². The summed E-state index contributed by atoms with van der Waals surface area (Å²) in [6.07, 6.45) is 8.46. The fourth-order valence-corrected chi connectivity index (χ4v) is 3.46. The summed E-state index contributed by atoms with van der Waals surface area (Å²) in [5, 5.41) is 18.0. The quantitative estimate of drug-likeness (QED) is 0.784. The van der Waals surface area contributed by atoms with E-state index in [1.54, 1.807) is 0 Å². The Bertz CT molecular complexity index is 442. The van der Waals surface area contributed by atoms with Crippen LogP contribution in [0.5, 0.6) is 0 Å². The molecule has 2 rings (SSSR count). The first-order valence-electron chi connectivity index (χ1n) is 7.47. The van der Waals surface area contributed by atoms with E-state index in [1.165, 1.54) is 43.9 Å². The molecule has 5 nitrogen and oxygen atoms in total. The van der Waals surface area contributed by atoms with Crippen LogP contribution in [0.25, 0.3) is 0 Å². The zero-order valence-electron chi connectivity index (χ0n) is 12.0. The fourth-order valence-electron chi connectivity index (χ4n) is 2.77. The number of carboxylic acids is 1. The molecule has 20 heavy (non-hydrogen) atoms. The van der Waals surface area contributed by atoms with Gasteiger partial charge in [0.1, 0.15) is 5.82 Å². The third kappa shape index (κ3) is 4.23. The van der Waals surface area contributed by atoms with E-state index in [-0.39, 0.29) is 5.75 Å². The topological polar surface area (TPSA) is 68.0 Å². The van der Waals surface area contributed by atoms with Crippen molar-refractivity contribution in [3.63, 3.8) is 0 Å². The summed E-state index contributed by atoms with van der Waals surface area (Å²) in [6, 6.07) is 0. The number of nitrogens with zero attached hydrogens (tertiary/aromatic N) is 3. The first-order valence-corrected chi connectivity index (χ1v) is 8.46. The van der Waals surface area contributed by atoms with Crippen LogP contribution in [0, 0.1) is 5.92 Å². The fraction of sp³-hybridized carbons (Fsp3) is 0.786. The number of aromatic nitrogens is 3. The van der Waals surface area contributed by atoms with Gasteiger partial charge in [-0.25, -0.2) is 0 Å². The average Bonchev–Trinajstić information content (AvgIpc) is 2.81. The average molecular weight is 297 g/mol. The molecule has 0 atom stereocenters. The number of carboxylic acid groups (broad SMARTS) is 1. The van der Waals surface area contributed by atoms with Crippen LogP contribution >= 0.6 is 11.8 Å². The molecular weight excluding hydrogens is 274 g/mol. The van der Waals surface area contributed by atoms with E-state index in [1.807, 2.05) is 0 Å². The second-order valence-electron chi connectivity index (χ2n) is 5.45. The smallest absolute Gasteiger partial charge is 0.313 e. The van der Waals surface area contributed by atoms with Crippen LogP contribution in [0.4, 0.5) is 0 Å². The van der Waals surface area contributed by atoms with Crippen molar-refractivity contribution in [3.05, 3.63) is 5.82 Å². The van der Waals surface area contributed by atoms with Crippen LogP contribution in [-0.2, 0) is 17.8 Å². The molecule has 6 heteroatoms. The number of thioether (sulfide) groups is 1. The van der Waals surface area contributed by atoms with E-state index in [0.717, 1.165) is 30.4 Å². The molecule has 1 aromatic rings. The van der Waals surface area contributed by atoms with Crippen molar-refractivity contribution >= 4 is 17.7 Å². The number of hydrogen-bond donors (Lipinski definition) is 1. The molecule has 1 N–H and O–H groups in total.